The summed E-state index contributed by atoms with van der Waals surface area (Å²) in [6, 6.07) is 31.4. The largest absolute Gasteiger partial charge is 0.345 e. The standard InChI is InChI=1S/C23H20N2/c1-4-10-18(11-5-1)16-21-23(20-14-8-3-9-15-20)25-22(24-21)17-19-12-6-2-7-13-19/h1-15H,16-17H2,(H,24,25). The van der Waals surface area contributed by atoms with E-state index in [2.05, 4.69) is 83.8 Å². The van der Waals surface area contributed by atoms with Gasteiger partial charge >= 0.3 is 0 Å². The van der Waals surface area contributed by atoms with Crippen molar-refractivity contribution in [2.75, 3.05) is 0 Å². The number of imidazole rings is 1. The number of aromatic amines is 1. The topological polar surface area (TPSA) is 28.7 Å². The van der Waals surface area contributed by atoms with Crippen molar-refractivity contribution in [1.29, 1.82) is 0 Å². The minimum atomic E-state index is 0.815. The Morgan fingerprint density at radius 2 is 1.12 bits per heavy atom. The van der Waals surface area contributed by atoms with Gasteiger partial charge in [-0.15, -0.1) is 0 Å². The number of aromatic nitrogens is 2. The molecule has 4 rings (SSSR count). The molecule has 0 atom stereocenters. The normalized spacial score (nSPS) is 10.7. The maximum Gasteiger partial charge on any atom is 0.111 e. The van der Waals surface area contributed by atoms with E-state index in [1.165, 1.54) is 16.8 Å². The van der Waals surface area contributed by atoms with Gasteiger partial charge in [-0.3, -0.25) is 0 Å². The monoisotopic (exact) mass is 324 g/mol. The lowest BCUT2D eigenvalue weighted by Gasteiger charge is -2.03. The second-order valence-electron chi connectivity index (χ2n) is 6.20. The number of rotatable bonds is 5. The van der Waals surface area contributed by atoms with Gasteiger partial charge in [0, 0.05) is 24.1 Å². The molecule has 3 aromatic carbocycles. The molecule has 2 nitrogen and oxygen atoms in total. The van der Waals surface area contributed by atoms with Crippen LogP contribution in [0.3, 0.4) is 0 Å². The molecule has 122 valence electrons. The van der Waals surface area contributed by atoms with E-state index in [1.807, 2.05) is 12.1 Å². The number of nitrogens with zero attached hydrogens (tertiary/aromatic N) is 1. The average Bonchev–Trinajstić information content (AvgIpc) is 3.06. The Bertz CT molecular complexity index is 926. The fraction of sp³-hybridized carbons (Fsp3) is 0.0870. The Hall–Kier alpha value is -3.13. The van der Waals surface area contributed by atoms with Crippen LogP contribution in [0, 0.1) is 0 Å². The summed E-state index contributed by atoms with van der Waals surface area (Å²) in [5.74, 6) is 1.01. The van der Waals surface area contributed by atoms with E-state index in [4.69, 9.17) is 4.98 Å². The van der Waals surface area contributed by atoms with Crippen LogP contribution in [0.1, 0.15) is 22.6 Å². The molecular weight excluding hydrogens is 304 g/mol. The van der Waals surface area contributed by atoms with Crippen LogP contribution in [0.15, 0.2) is 91.0 Å². The summed E-state index contributed by atoms with van der Waals surface area (Å²) in [4.78, 5) is 8.48. The summed E-state index contributed by atoms with van der Waals surface area (Å²) in [6.07, 6.45) is 1.67. The van der Waals surface area contributed by atoms with Gasteiger partial charge in [-0.1, -0.05) is 91.0 Å². The molecule has 4 aromatic rings. The third kappa shape index (κ3) is 3.69. The Morgan fingerprint density at radius 1 is 0.600 bits per heavy atom. The zero-order valence-corrected chi connectivity index (χ0v) is 14.0. The van der Waals surface area contributed by atoms with Crippen LogP contribution in [0.2, 0.25) is 0 Å². The molecule has 0 amide bonds. The van der Waals surface area contributed by atoms with Crippen LogP contribution < -0.4 is 0 Å². The summed E-state index contributed by atoms with van der Waals surface area (Å²) in [5, 5.41) is 0. The van der Waals surface area contributed by atoms with Gasteiger partial charge in [-0.05, 0) is 11.1 Å². The van der Waals surface area contributed by atoms with Gasteiger partial charge in [0.1, 0.15) is 5.82 Å². The lowest BCUT2D eigenvalue weighted by Crippen LogP contribution is -1.92. The Morgan fingerprint density at radius 3 is 1.72 bits per heavy atom. The van der Waals surface area contributed by atoms with Crippen molar-refractivity contribution in [3.8, 4) is 11.3 Å². The van der Waals surface area contributed by atoms with E-state index < -0.39 is 0 Å². The molecule has 0 unspecified atom stereocenters. The molecule has 0 spiro atoms. The van der Waals surface area contributed by atoms with Gasteiger partial charge in [0.2, 0.25) is 0 Å². The Balaban J connectivity index is 1.70. The molecule has 0 bridgehead atoms. The summed E-state index contributed by atoms with van der Waals surface area (Å²) in [7, 11) is 0. The molecule has 0 aliphatic rings. The highest BCUT2D eigenvalue weighted by molar-refractivity contribution is 5.62. The van der Waals surface area contributed by atoms with Crippen molar-refractivity contribution in [3.05, 3.63) is 114 Å². The predicted molar refractivity (Wildman–Crippen MR) is 103 cm³/mol. The molecule has 0 fully saturated rings. The minimum absolute atomic E-state index is 0.815. The van der Waals surface area contributed by atoms with Gasteiger partial charge in [-0.25, -0.2) is 4.98 Å². The number of benzene rings is 3. The van der Waals surface area contributed by atoms with Crippen LogP contribution in [0.5, 0.6) is 0 Å². The quantitative estimate of drug-likeness (QED) is 0.533. The van der Waals surface area contributed by atoms with E-state index in [9.17, 15) is 0 Å². The van der Waals surface area contributed by atoms with Gasteiger partial charge in [0.15, 0.2) is 0 Å². The van der Waals surface area contributed by atoms with E-state index in [1.54, 1.807) is 0 Å². The Labute approximate surface area is 148 Å². The van der Waals surface area contributed by atoms with Crippen LogP contribution in [-0.4, -0.2) is 9.97 Å². The average molecular weight is 324 g/mol. The molecule has 1 aromatic heterocycles. The van der Waals surface area contributed by atoms with E-state index in [-0.39, 0.29) is 0 Å². The van der Waals surface area contributed by atoms with Crippen molar-refractivity contribution in [2.45, 2.75) is 12.8 Å². The fourth-order valence-electron chi connectivity index (χ4n) is 3.10. The van der Waals surface area contributed by atoms with Crippen LogP contribution in [0.4, 0.5) is 0 Å². The lowest BCUT2D eigenvalue weighted by molar-refractivity contribution is 1.00. The van der Waals surface area contributed by atoms with E-state index >= 15 is 0 Å². The zero-order valence-electron chi connectivity index (χ0n) is 14.0. The highest BCUT2D eigenvalue weighted by Crippen LogP contribution is 2.24. The van der Waals surface area contributed by atoms with Crippen LogP contribution in [-0.2, 0) is 12.8 Å². The molecular formula is C23H20N2. The smallest absolute Gasteiger partial charge is 0.111 e. The lowest BCUT2D eigenvalue weighted by atomic mass is 10.0. The van der Waals surface area contributed by atoms with Gasteiger partial charge < -0.3 is 4.98 Å². The molecule has 25 heavy (non-hydrogen) atoms. The summed E-state index contributed by atoms with van der Waals surface area (Å²) >= 11 is 0. The SMILES string of the molecule is c1ccc(Cc2nc(-c3ccccc3)c(Cc3ccccc3)[nH]2)cc1. The molecule has 2 heteroatoms. The van der Waals surface area contributed by atoms with E-state index in [0.29, 0.717) is 0 Å². The maximum absolute atomic E-state index is 4.92. The van der Waals surface area contributed by atoms with Crippen LogP contribution in [0.25, 0.3) is 11.3 Å². The number of hydrogen-bond acceptors (Lipinski definition) is 1. The number of nitrogens with one attached hydrogen (secondary N) is 1. The number of hydrogen-bond donors (Lipinski definition) is 1. The first-order valence-corrected chi connectivity index (χ1v) is 8.59. The highest BCUT2D eigenvalue weighted by atomic mass is 14.9. The molecule has 1 heterocycles. The summed E-state index contributed by atoms with van der Waals surface area (Å²) in [6.45, 7) is 0. The van der Waals surface area contributed by atoms with Crippen molar-refractivity contribution >= 4 is 0 Å². The van der Waals surface area contributed by atoms with Crippen molar-refractivity contribution in [1.82, 2.24) is 9.97 Å². The third-order valence-electron chi connectivity index (χ3n) is 4.31. The summed E-state index contributed by atoms with van der Waals surface area (Å²) in [5.41, 5.74) is 5.93. The predicted octanol–water partition coefficient (Wildman–Crippen LogP) is 5.26. The van der Waals surface area contributed by atoms with Gasteiger partial charge in [-0.2, -0.15) is 0 Å². The third-order valence-corrected chi connectivity index (χ3v) is 4.31. The summed E-state index contributed by atoms with van der Waals surface area (Å²) < 4.78 is 0. The fourth-order valence-corrected chi connectivity index (χ4v) is 3.10. The van der Waals surface area contributed by atoms with Gasteiger partial charge in [0.25, 0.3) is 0 Å². The van der Waals surface area contributed by atoms with Crippen molar-refractivity contribution in [2.24, 2.45) is 0 Å². The second-order valence-corrected chi connectivity index (χ2v) is 6.20. The highest BCUT2D eigenvalue weighted by Gasteiger charge is 2.13. The molecule has 0 saturated carbocycles. The second kappa shape index (κ2) is 7.18. The molecule has 0 radical (unpaired) electrons. The first kappa shape index (κ1) is 15.4. The Kier molecular flexibility index (Phi) is 4.42. The molecule has 0 aliphatic carbocycles. The molecule has 0 aliphatic heterocycles. The first-order chi connectivity index (χ1) is 12.4. The van der Waals surface area contributed by atoms with Gasteiger partial charge in [0.05, 0.1) is 5.69 Å². The van der Waals surface area contributed by atoms with E-state index in [0.717, 1.165) is 29.9 Å². The minimum Gasteiger partial charge on any atom is -0.345 e. The molecule has 0 saturated heterocycles. The van der Waals surface area contributed by atoms with Crippen molar-refractivity contribution in [3.63, 3.8) is 0 Å². The number of H-pyrrole nitrogens is 1. The van der Waals surface area contributed by atoms with Crippen molar-refractivity contribution < 1.29 is 0 Å². The first-order valence-electron chi connectivity index (χ1n) is 8.59. The molecule has 1 N–H and O–H groups in total. The van der Waals surface area contributed by atoms with Crippen LogP contribution >= 0.6 is 0 Å². The zero-order chi connectivity index (χ0) is 16.9. The maximum atomic E-state index is 4.92.